The molecule has 5 rings (SSSR count). The fourth-order valence-electron chi connectivity index (χ4n) is 5.71. The zero-order valence-electron chi connectivity index (χ0n) is 23.1. The Kier molecular flexibility index (Phi) is 9.01. The number of aryl methyl sites for hydroxylation is 2. The van der Waals surface area contributed by atoms with Crippen molar-refractivity contribution in [1.29, 1.82) is 0 Å². The third kappa shape index (κ3) is 6.64. The Bertz CT molecular complexity index is 1200. The number of amides is 3. The molecule has 2 aromatic rings. The second kappa shape index (κ2) is 12.8. The molecule has 0 radical (unpaired) electrons. The van der Waals surface area contributed by atoms with E-state index in [0.29, 0.717) is 19.5 Å². The third-order valence-electron chi connectivity index (χ3n) is 8.25. The van der Waals surface area contributed by atoms with Crippen LogP contribution >= 0.6 is 0 Å². The van der Waals surface area contributed by atoms with Gasteiger partial charge in [-0.25, -0.2) is 0 Å². The Balaban J connectivity index is 1.40. The van der Waals surface area contributed by atoms with E-state index in [2.05, 4.69) is 34.1 Å². The minimum absolute atomic E-state index is 0.0673. The average molecular weight is 549 g/mol. The lowest BCUT2D eigenvalue weighted by Crippen LogP contribution is -2.59. The van der Waals surface area contributed by atoms with E-state index < -0.39 is 30.6 Å². The van der Waals surface area contributed by atoms with Crippen LogP contribution in [0.3, 0.4) is 0 Å². The minimum atomic E-state index is -1.11. The van der Waals surface area contributed by atoms with Crippen molar-refractivity contribution in [2.75, 3.05) is 26.7 Å². The van der Waals surface area contributed by atoms with Crippen molar-refractivity contribution < 1.29 is 24.2 Å². The molecule has 40 heavy (non-hydrogen) atoms. The van der Waals surface area contributed by atoms with Crippen LogP contribution in [0, 0.1) is 5.92 Å². The number of carbonyl (C=O) groups excluding carboxylic acids is 3. The molecular formula is C31H40N4O5. The third-order valence-corrected chi connectivity index (χ3v) is 8.25. The van der Waals surface area contributed by atoms with Gasteiger partial charge in [-0.1, -0.05) is 48.5 Å². The summed E-state index contributed by atoms with van der Waals surface area (Å²) in [6, 6.07) is 13.3. The number of aliphatic hydroxyl groups is 1. The van der Waals surface area contributed by atoms with Gasteiger partial charge in [-0.2, -0.15) is 0 Å². The first kappa shape index (κ1) is 28.1. The first-order valence-corrected chi connectivity index (χ1v) is 14.4. The summed E-state index contributed by atoms with van der Waals surface area (Å²) in [6.07, 6.45) is 5.33. The number of hydrogen-bond acceptors (Lipinski definition) is 6. The van der Waals surface area contributed by atoms with Crippen LogP contribution < -0.4 is 20.7 Å². The molecule has 9 heteroatoms. The number of ether oxygens (including phenoxy) is 1. The van der Waals surface area contributed by atoms with E-state index in [1.807, 2.05) is 30.3 Å². The molecule has 0 aromatic heterocycles. The van der Waals surface area contributed by atoms with Crippen LogP contribution in [0.4, 0.5) is 0 Å². The molecule has 4 N–H and O–H groups in total. The number of carbonyl (C=O) groups is 3. The quantitative estimate of drug-likeness (QED) is 0.458. The van der Waals surface area contributed by atoms with E-state index in [1.165, 1.54) is 10.5 Å². The molecular weight excluding hydrogens is 508 g/mol. The zero-order chi connectivity index (χ0) is 28.1. The molecule has 3 amide bonds. The number of likely N-dealkylation sites (N-methyl/N-ethyl adjacent to an activating group) is 1. The van der Waals surface area contributed by atoms with Crippen LogP contribution in [0.1, 0.15) is 42.4 Å². The average Bonchev–Trinajstić information content (AvgIpc) is 3.81. The van der Waals surface area contributed by atoms with Gasteiger partial charge in [0, 0.05) is 26.6 Å². The van der Waals surface area contributed by atoms with Gasteiger partial charge < -0.3 is 30.7 Å². The topological polar surface area (TPSA) is 120 Å². The summed E-state index contributed by atoms with van der Waals surface area (Å²) >= 11 is 0. The molecule has 2 aromatic carbocycles. The molecule has 1 saturated carbocycles. The predicted molar refractivity (Wildman–Crippen MR) is 151 cm³/mol. The summed E-state index contributed by atoms with van der Waals surface area (Å²) in [5.74, 6) is 0.0221. The van der Waals surface area contributed by atoms with Crippen molar-refractivity contribution in [3.63, 3.8) is 0 Å². The highest BCUT2D eigenvalue weighted by atomic mass is 16.5. The number of rotatable bonds is 4. The predicted octanol–water partition coefficient (Wildman–Crippen LogP) is 1.36. The SMILES string of the molecule is CN1C(=O)[C@H](C2CC2)NCC2CCc3cccc(c3O2)CCCNC(=O)[C@@H](Cc2ccccc2)NC(=O)[C@@H]1CO. The summed E-state index contributed by atoms with van der Waals surface area (Å²) < 4.78 is 6.45. The number of hydrogen-bond donors (Lipinski definition) is 4. The number of nitrogens with one attached hydrogen (secondary N) is 3. The van der Waals surface area contributed by atoms with Crippen LogP contribution in [-0.2, 0) is 33.6 Å². The van der Waals surface area contributed by atoms with Crippen LogP contribution in [0.25, 0.3) is 0 Å². The largest absolute Gasteiger partial charge is 0.489 e. The van der Waals surface area contributed by atoms with E-state index in [1.54, 1.807) is 7.05 Å². The molecule has 2 heterocycles. The van der Waals surface area contributed by atoms with Gasteiger partial charge in [-0.3, -0.25) is 14.4 Å². The lowest BCUT2D eigenvalue weighted by atomic mass is 9.96. The van der Waals surface area contributed by atoms with Crippen LogP contribution in [-0.4, -0.2) is 78.7 Å². The molecule has 0 saturated heterocycles. The van der Waals surface area contributed by atoms with Crippen LogP contribution in [0.15, 0.2) is 48.5 Å². The van der Waals surface area contributed by atoms with Crippen LogP contribution in [0.2, 0.25) is 0 Å². The van der Waals surface area contributed by atoms with Crippen molar-refractivity contribution in [3.05, 3.63) is 65.2 Å². The van der Waals surface area contributed by atoms with E-state index in [-0.39, 0.29) is 23.8 Å². The lowest BCUT2D eigenvalue weighted by Gasteiger charge is -2.33. The highest BCUT2D eigenvalue weighted by Crippen LogP contribution is 2.35. The maximum absolute atomic E-state index is 13.6. The Morgan fingerprint density at radius 3 is 2.42 bits per heavy atom. The van der Waals surface area contributed by atoms with Crippen molar-refractivity contribution in [1.82, 2.24) is 20.9 Å². The zero-order valence-corrected chi connectivity index (χ0v) is 23.1. The maximum Gasteiger partial charge on any atom is 0.245 e. The molecule has 4 atom stereocenters. The van der Waals surface area contributed by atoms with Gasteiger partial charge in [0.25, 0.3) is 0 Å². The van der Waals surface area contributed by atoms with Crippen LogP contribution in [0.5, 0.6) is 5.75 Å². The molecule has 0 spiro atoms. The fourth-order valence-corrected chi connectivity index (χ4v) is 5.71. The number of nitrogens with zero attached hydrogens (tertiary/aromatic N) is 1. The number of fused-ring (bicyclic) bond motifs is 1. The Morgan fingerprint density at radius 1 is 0.950 bits per heavy atom. The molecule has 1 aliphatic carbocycles. The first-order valence-electron chi connectivity index (χ1n) is 14.4. The van der Waals surface area contributed by atoms with Gasteiger partial charge in [0.05, 0.1) is 12.6 Å². The summed E-state index contributed by atoms with van der Waals surface area (Å²) in [4.78, 5) is 41.6. The number of benzene rings is 2. The number of aliphatic hydroxyl groups excluding tert-OH is 1. The van der Waals surface area contributed by atoms with E-state index in [9.17, 15) is 19.5 Å². The monoisotopic (exact) mass is 548 g/mol. The first-order chi connectivity index (χ1) is 19.4. The summed E-state index contributed by atoms with van der Waals surface area (Å²) in [5.41, 5.74) is 3.21. The highest BCUT2D eigenvalue weighted by Gasteiger charge is 2.41. The van der Waals surface area contributed by atoms with Crippen molar-refractivity contribution in [3.8, 4) is 5.75 Å². The highest BCUT2D eigenvalue weighted by molar-refractivity contribution is 5.93. The van der Waals surface area contributed by atoms with Crippen molar-refractivity contribution in [2.24, 2.45) is 5.92 Å². The molecule has 9 nitrogen and oxygen atoms in total. The van der Waals surface area contributed by atoms with E-state index in [4.69, 9.17) is 4.74 Å². The standard InChI is InChI=1S/C31H40N4O5/c1-35-26(19-36)30(38)34-25(17-20-7-3-2-4-8-20)29(37)32-16-6-11-22-9-5-10-23-14-15-24(40-28(22)23)18-33-27(31(35)39)21-12-13-21/h2-5,7-10,21,24-27,33,36H,6,11-19H2,1H3,(H,32,37)(H,34,38)/t24?,25-,26+,27+/m1/s1. The van der Waals surface area contributed by atoms with Gasteiger partial charge in [0.15, 0.2) is 0 Å². The fraction of sp³-hybridized carbons (Fsp3) is 0.516. The molecule has 2 aliphatic heterocycles. The Hall–Kier alpha value is -3.43. The Labute approximate surface area is 235 Å². The number of para-hydroxylation sites is 1. The Morgan fingerprint density at radius 2 is 1.70 bits per heavy atom. The molecule has 1 fully saturated rings. The van der Waals surface area contributed by atoms with Crippen molar-refractivity contribution in [2.45, 2.75) is 69.2 Å². The summed E-state index contributed by atoms with van der Waals surface area (Å²) in [5, 5.41) is 19.4. The van der Waals surface area contributed by atoms with E-state index in [0.717, 1.165) is 55.4 Å². The second-order valence-corrected chi connectivity index (χ2v) is 11.2. The second-order valence-electron chi connectivity index (χ2n) is 11.2. The normalized spacial score (nSPS) is 26.6. The molecule has 3 aliphatic rings. The van der Waals surface area contributed by atoms with Gasteiger partial charge in [-0.05, 0) is 61.1 Å². The summed E-state index contributed by atoms with van der Waals surface area (Å²) in [6.45, 7) is 0.426. The summed E-state index contributed by atoms with van der Waals surface area (Å²) in [7, 11) is 1.55. The molecule has 2 bridgehead atoms. The lowest BCUT2D eigenvalue weighted by molar-refractivity contribution is -0.143. The van der Waals surface area contributed by atoms with Gasteiger partial charge in [0.1, 0.15) is 23.9 Å². The van der Waals surface area contributed by atoms with E-state index >= 15 is 0 Å². The van der Waals surface area contributed by atoms with Crippen molar-refractivity contribution >= 4 is 17.7 Å². The van der Waals surface area contributed by atoms with Gasteiger partial charge in [0.2, 0.25) is 17.7 Å². The maximum atomic E-state index is 13.6. The molecule has 214 valence electrons. The van der Waals surface area contributed by atoms with Gasteiger partial charge >= 0.3 is 0 Å². The molecule has 1 unspecified atom stereocenters. The van der Waals surface area contributed by atoms with Gasteiger partial charge in [-0.15, -0.1) is 0 Å². The smallest absolute Gasteiger partial charge is 0.245 e. The minimum Gasteiger partial charge on any atom is -0.489 e.